The molecule has 1 aromatic heterocycles. The summed E-state index contributed by atoms with van der Waals surface area (Å²) >= 11 is 0. The van der Waals surface area contributed by atoms with Crippen molar-refractivity contribution in [1.82, 2.24) is 15.1 Å². The van der Waals surface area contributed by atoms with Crippen molar-refractivity contribution in [2.45, 2.75) is 56.7 Å². The molecule has 8 heteroatoms. The standard InChI is InChI=1S/C27H30F2N4O2/c1-26(2,18-3-8-22(9-4-18)34-24-13-20(30)14-24)19-5-10-23(11-6-19)35-25-12-7-21(31-32-25)15-33-16-27(28,29)17-33/h3-12,20,24H,13-17,30H2,1-2H3/t20-,24-. The van der Waals surface area contributed by atoms with Gasteiger partial charge in [-0.25, -0.2) is 8.78 Å². The largest absolute Gasteiger partial charge is 0.490 e. The van der Waals surface area contributed by atoms with Gasteiger partial charge < -0.3 is 15.2 Å². The van der Waals surface area contributed by atoms with E-state index in [2.05, 4.69) is 36.2 Å². The van der Waals surface area contributed by atoms with E-state index in [0.29, 0.717) is 23.9 Å². The second-order valence-electron chi connectivity index (χ2n) is 10.1. The highest BCUT2D eigenvalue weighted by Crippen LogP contribution is 2.35. The molecule has 1 saturated heterocycles. The van der Waals surface area contributed by atoms with Crippen LogP contribution in [0.5, 0.6) is 17.4 Å². The lowest BCUT2D eigenvalue weighted by atomic mass is 9.78. The number of nitrogens with zero attached hydrogens (tertiary/aromatic N) is 3. The van der Waals surface area contributed by atoms with Crippen LogP contribution in [0.15, 0.2) is 60.7 Å². The minimum atomic E-state index is -2.58. The van der Waals surface area contributed by atoms with Crippen LogP contribution in [0, 0.1) is 0 Å². The Morgan fingerprint density at radius 3 is 2.03 bits per heavy atom. The van der Waals surface area contributed by atoms with Crippen LogP contribution < -0.4 is 15.2 Å². The summed E-state index contributed by atoms with van der Waals surface area (Å²) in [7, 11) is 0. The Hall–Kier alpha value is -3.10. The van der Waals surface area contributed by atoms with E-state index in [1.807, 2.05) is 36.4 Å². The molecular weight excluding hydrogens is 450 g/mol. The maximum atomic E-state index is 13.0. The first kappa shape index (κ1) is 23.6. The van der Waals surface area contributed by atoms with Crippen LogP contribution >= 0.6 is 0 Å². The smallest absolute Gasteiger partial charge is 0.272 e. The van der Waals surface area contributed by atoms with Gasteiger partial charge in [0.25, 0.3) is 5.92 Å². The highest BCUT2D eigenvalue weighted by atomic mass is 19.3. The lowest BCUT2D eigenvalue weighted by Gasteiger charge is -2.38. The highest BCUT2D eigenvalue weighted by Gasteiger charge is 2.43. The number of alkyl halides is 2. The van der Waals surface area contributed by atoms with Gasteiger partial charge in [-0.1, -0.05) is 38.1 Å². The Bertz CT molecular complexity index is 1140. The Balaban J connectivity index is 1.18. The Labute approximate surface area is 204 Å². The lowest BCUT2D eigenvalue weighted by Crippen LogP contribution is -2.55. The molecule has 5 rings (SSSR count). The number of hydrogen-bond acceptors (Lipinski definition) is 6. The second-order valence-corrected chi connectivity index (χ2v) is 10.1. The van der Waals surface area contributed by atoms with Crippen molar-refractivity contribution in [2.75, 3.05) is 13.1 Å². The molecule has 0 bridgehead atoms. The minimum Gasteiger partial charge on any atom is -0.490 e. The number of nitrogens with two attached hydrogens (primary N) is 1. The Morgan fingerprint density at radius 2 is 1.51 bits per heavy atom. The predicted octanol–water partition coefficient (Wildman–Crippen LogP) is 4.91. The summed E-state index contributed by atoms with van der Waals surface area (Å²) in [5.41, 5.74) is 8.61. The van der Waals surface area contributed by atoms with Gasteiger partial charge in [-0.2, -0.15) is 5.10 Å². The summed E-state index contributed by atoms with van der Waals surface area (Å²) in [5.74, 6) is -0.700. The van der Waals surface area contributed by atoms with Gasteiger partial charge in [-0.05, 0) is 54.3 Å². The molecule has 1 aliphatic carbocycles. The van der Waals surface area contributed by atoms with Gasteiger partial charge in [0, 0.05) is 24.1 Å². The normalized spacial score (nSPS) is 21.6. The van der Waals surface area contributed by atoms with Crippen LogP contribution in [-0.4, -0.2) is 46.3 Å². The zero-order valence-electron chi connectivity index (χ0n) is 20.0. The van der Waals surface area contributed by atoms with Crippen molar-refractivity contribution in [3.63, 3.8) is 0 Å². The summed E-state index contributed by atoms with van der Waals surface area (Å²) in [6.45, 7) is 4.25. The fourth-order valence-electron chi connectivity index (χ4n) is 4.51. The molecule has 2 aromatic carbocycles. The molecule has 2 heterocycles. The van der Waals surface area contributed by atoms with Crippen LogP contribution in [0.1, 0.15) is 43.5 Å². The van der Waals surface area contributed by atoms with Gasteiger partial charge in [0.15, 0.2) is 0 Å². The molecule has 2 fully saturated rings. The van der Waals surface area contributed by atoms with E-state index in [0.717, 1.165) is 24.2 Å². The Kier molecular flexibility index (Phi) is 6.19. The van der Waals surface area contributed by atoms with E-state index < -0.39 is 5.92 Å². The molecule has 0 atom stereocenters. The van der Waals surface area contributed by atoms with Crippen molar-refractivity contribution in [1.29, 1.82) is 0 Å². The van der Waals surface area contributed by atoms with Crippen molar-refractivity contribution in [3.8, 4) is 17.4 Å². The van der Waals surface area contributed by atoms with E-state index in [1.165, 1.54) is 5.56 Å². The molecular formula is C27H30F2N4O2. The fourth-order valence-corrected chi connectivity index (χ4v) is 4.51. The van der Waals surface area contributed by atoms with Crippen LogP contribution in [-0.2, 0) is 12.0 Å². The number of aromatic nitrogens is 2. The topological polar surface area (TPSA) is 73.5 Å². The summed E-state index contributed by atoms with van der Waals surface area (Å²) < 4.78 is 37.7. The lowest BCUT2D eigenvalue weighted by molar-refractivity contribution is -0.134. The molecule has 2 aliphatic rings. The second kappa shape index (κ2) is 9.17. The van der Waals surface area contributed by atoms with Gasteiger partial charge in [0.05, 0.1) is 18.8 Å². The molecule has 1 saturated carbocycles. The van der Waals surface area contributed by atoms with Crippen molar-refractivity contribution in [3.05, 3.63) is 77.5 Å². The average molecular weight is 481 g/mol. The number of rotatable bonds is 8. The zero-order chi connectivity index (χ0) is 24.6. The maximum absolute atomic E-state index is 13.0. The summed E-state index contributed by atoms with van der Waals surface area (Å²) in [5, 5.41) is 8.18. The number of halogens is 2. The van der Waals surface area contributed by atoms with Crippen LogP contribution in [0.4, 0.5) is 8.78 Å². The molecule has 2 N–H and O–H groups in total. The van der Waals surface area contributed by atoms with Gasteiger partial charge in [-0.3, -0.25) is 4.90 Å². The third kappa shape index (κ3) is 5.44. The van der Waals surface area contributed by atoms with Gasteiger partial charge >= 0.3 is 0 Å². The van der Waals surface area contributed by atoms with Crippen molar-refractivity contribution < 1.29 is 18.3 Å². The van der Waals surface area contributed by atoms with Crippen molar-refractivity contribution >= 4 is 0 Å². The molecule has 0 amide bonds. The number of likely N-dealkylation sites (tertiary alicyclic amines) is 1. The number of benzene rings is 2. The van der Waals surface area contributed by atoms with E-state index in [-0.39, 0.29) is 30.7 Å². The molecule has 3 aromatic rings. The predicted molar refractivity (Wildman–Crippen MR) is 129 cm³/mol. The highest BCUT2D eigenvalue weighted by molar-refractivity contribution is 5.42. The fraction of sp³-hybridized carbons (Fsp3) is 0.407. The van der Waals surface area contributed by atoms with Crippen LogP contribution in [0.2, 0.25) is 0 Å². The Morgan fingerprint density at radius 1 is 0.914 bits per heavy atom. The maximum Gasteiger partial charge on any atom is 0.272 e. The van der Waals surface area contributed by atoms with E-state index in [1.54, 1.807) is 17.0 Å². The first-order valence-corrected chi connectivity index (χ1v) is 11.9. The van der Waals surface area contributed by atoms with E-state index >= 15 is 0 Å². The zero-order valence-corrected chi connectivity index (χ0v) is 20.0. The number of ether oxygens (including phenoxy) is 2. The molecule has 184 valence electrons. The van der Waals surface area contributed by atoms with Crippen LogP contribution in [0.3, 0.4) is 0 Å². The summed E-state index contributed by atoms with van der Waals surface area (Å²) in [6.07, 6.45) is 2.06. The molecule has 6 nitrogen and oxygen atoms in total. The summed E-state index contributed by atoms with van der Waals surface area (Å²) in [4.78, 5) is 1.63. The summed E-state index contributed by atoms with van der Waals surface area (Å²) in [6, 6.07) is 19.9. The van der Waals surface area contributed by atoms with Gasteiger partial charge in [0.1, 0.15) is 17.6 Å². The first-order chi connectivity index (χ1) is 16.7. The molecule has 0 radical (unpaired) electrons. The minimum absolute atomic E-state index is 0.203. The first-order valence-electron chi connectivity index (χ1n) is 11.9. The van der Waals surface area contributed by atoms with Gasteiger partial charge in [-0.15, -0.1) is 5.10 Å². The third-order valence-corrected chi connectivity index (χ3v) is 6.80. The van der Waals surface area contributed by atoms with E-state index in [9.17, 15) is 8.78 Å². The SMILES string of the molecule is CC(C)(c1ccc(Oc2ccc(CN3CC(F)(F)C3)nn2)cc1)c1ccc(O[C@H]2C[C@H](N)C2)cc1. The van der Waals surface area contributed by atoms with Gasteiger partial charge in [0.2, 0.25) is 5.88 Å². The average Bonchev–Trinajstić information content (AvgIpc) is 2.79. The van der Waals surface area contributed by atoms with E-state index in [4.69, 9.17) is 15.2 Å². The van der Waals surface area contributed by atoms with Crippen LogP contribution in [0.25, 0.3) is 0 Å². The monoisotopic (exact) mass is 480 g/mol. The third-order valence-electron chi connectivity index (χ3n) is 6.80. The van der Waals surface area contributed by atoms with Crippen molar-refractivity contribution in [2.24, 2.45) is 5.73 Å². The molecule has 35 heavy (non-hydrogen) atoms. The number of hydrogen-bond donors (Lipinski definition) is 1. The quantitative estimate of drug-likeness (QED) is 0.494. The molecule has 0 spiro atoms. The molecule has 1 aliphatic heterocycles. The molecule has 0 unspecified atom stereocenters.